The number of halogens is 3. The number of carbonyl (C=O) groups is 1. The maximum atomic E-state index is 14.1. The summed E-state index contributed by atoms with van der Waals surface area (Å²) >= 11 is 0. The van der Waals surface area contributed by atoms with E-state index >= 15 is 0 Å². The van der Waals surface area contributed by atoms with Crippen molar-refractivity contribution in [1.29, 1.82) is 0 Å². The third kappa shape index (κ3) is 3.59. The van der Waals surface area contributed by atoms with Crippen molar-refractivity contribution in [3.63, 3.8) is 0 Å². The van der Waals surface area contributed by atoms with Crippen molar-refractivity contribution in [3.8, 4) is 0 Å². The number of alkyl halides is 3. The zero-order valence-corrected chi connectivity index (χ0v) is 14.4. The smallest absolute Gasteiger partial charge is 0.288 e. The molecule has 1 fully saturated rings. The van der Waals surface area contributed by atoms with Gasteiger partial charge in [-0.15, -0.1) is 0 Å². The third-order valence-corrected chi connectivity index (χ3v) is 4.97. The Bertz CT molecular complexity index is 683. The van der Waals surface area contributed by atoms with Gasteiger partial charge in [0.1, 0.15) is 6.04 Å². The topological polar surface area (TPSA) is 32.3 Å². The number of carbonyl (C=O) groups excluding carboxylic acids is 1. The van der Waals surface area contributed by atoms with Crippen LogP contribution in [0.15, 0.2) is 30.3 Å². The van der Waals surface area contributed by atoms with E-state index in [-0.39, 0.29) is 24.8 Å². The Balaban J connectivity index is 2.06. The molecule has 25 heavy (non-hydrogen) atoms. The van der Waals surface area contributed by atoms with E-state index in [0.29, 0.717) is 12.8 Å². The lowest BCUT2D eigenvalue weighted by atomic mass is 9.66. The maximum absolute atomic E-state index is 14.1. The first-order valence-electron chi connectivity index (χ1n) is 8.61. The second-order valence-electron chi connectivity index (χ2n) is 7.46. The summed E-state index contributed by atoms with van der Waals surface area (Å²) in [4.78, 5) is 11.6. The van der Waals surface area contributed by atoms with Gasteiger partial charge in [-0.3, -0.25) is 10.2 Å². The Labute approximate surface area is 145 Å². The molecule has 1 saturated heterocycles. The van der Waals surface area contributed by atoms with Gasteiger partial charge in [0.05, 0.1) is 0 Å². The van der Waals surface area contributed by atoms with Crippen molar-refractivity contribution >= 4 is 12.0 Å². The molecular weight excluding hydrogens is 329 g/mol. The normalized spacial score (nSPS) is 25.1. The first-order chi connectivity index (χ1) is 11.7. The first kappa shape index (κ1) is 18.0. The summed E-state index contributed by atoms with van der Waals surface area (Å²) in [7, 11) is 0. The SMILES string of the molecule is CC(C)CC1([C@H](N2CCC(=O)N2)C(F)(F)F)C=Cc2ccccc2C1. The van der Waals surface area contributed by atoms with Crippen molar-refractivity contribution in [3.05, 3.63) is 41.5 Å². The van der Waals surface area contributed by atoms with Gasteiger partial charge >= 0.3 is 6.18 Å². The minimum absolute atomic E-state index is 0.0817. The number of fused-ring (bicyclic) bond motifs is 1. The van der Waals surface area contributed by atoms with E-state index in [1.807, 2.05) is 38.1 Å². The molecular formula is C19H23F3N2O. The summed E-state index contributed by atoms with van der Waals surface area (Å²) in [6.07, 6.45) is -0.105. The highest BCUT2D eigenvalue weighted by Gasteiger charge is 2.57. The number of hydrogen-bond acceptors (Lipinski definition) is 2. The van der Waals surface area contributed by atoms with Crippen LogP contribution in [0.1, 0.15) is 37.8 Å². The third-order valence-electron chi connectivity index (χ3n) is 4.97. The van der Waals surface area contributed by atoms with Gasteiger partial charge in [0.2, 0.25) is 5.91 Å². The van der Waals surface area contributed by atoms with E-state index in [2.05, 4.69) is 5.43 Å². The molecule has 1 aromatic carbocycles. The Hall–Kier alpha value is -1.82. The van der Waals surface area contributed by atoms with E-state index in [1.54, 1.807) is 12.2 Å². The van der Waals surface area contributed by atoms with Crippen molar-refractivity contribution in [1.82, 2.24) is 10.4 Å². The van der Waals surface area contributed by atoms with Crippen LogP contribution >= 0.6 is 0 Å². The summed E-state index contributed by atoms with van der Waals surface area (Å²) in [5, 5.41) is 1.10. The molecule has 0 spiro atoms. The molecule has 1 N–H and O–H groups in total. The summed E-state index contributed by atoms with van der Waals surface area (Å²) in [6.45, 7) is 3.95. The van der Waals surface area contributed by atoms with Gasteiger partial charge in [-0.2, -0.15) is 13.2 Å². The monoisotopic (exact) mass is 352 g/mol. The molecule has 136 valence electrons. The maximum Gasteiger partial charge on any atom is 0.406 e. The van der Waals surface area contributed by atoms with Gasteiger partial charge in [0.15, 0.2) is 0 Å². The first-order valence-corrected chi connectivity index (χ1v) is 8.61. The van der Waals surface area contributed by atoms with Crippen LogP contribution in [0.4, 0.5) is 13.2 Å². The van der Waals surface area contributed by atoms with Crippen molar-refractivity contribution < 1.29 is 18.0 Å². The molecule has 2 aliphatic rings. The van der Waals surface area contributed by atoms with E-state index in [9.17, 15) is 18.0 Å². The number of rotatable bonds is 4. The molecule has 1 aliphatic carbocycles. The van der Waals surface area contributed by atoms with Crippen molar-refractivity contribution in [2.24, 2.45) is 11.3 Å². The summed E-state index contributed by atoms with van der Waals surface area (Å²) < 4.78 is 42.4. The summed E-state index contributed by atoms with van der Waals surface area (Å²) in [6, 6.07) is 5.83. The number of nitrogens with zero attached hydrogens (tertiary/aromatic N) is 1. The second-order valence-corrected chi connectivity index (χ2v) is 7.46. The molecule has 0 radical (unpaired) electrons. The van der Waals surface area contributed by atoms with Gasteiger partial charge in [0, 0.05) is 18.4 Å². The number of hydrazine groups is 1. The number of amides is 1. The highest BCUT2D eigenvalue weighted by Crippen LogP contribution is 2.48. The lowest BCUT2D eigenvalue weighted by Crippen LogP contribution is -2.59. The van der Waals surface area contributed by atoms with Gasteiger partial charge < -0.3 is 0 Å². The van der Waals surface area contributed by atoms with Crippen molar-refractivity contribution in [2.75, 3.05) is 6.54 Å². The largest absolute Gasteiger partial charge is 0.406 e. The molecule has 1 unspecified atom stereocenters. The number of benzene rings is 1. The summed E-state index contributed by atoms with van der Waals surface area (Å²) in [5.41, 5.74) is 3.21. The van der Waals surface area contributed by atoms with Gasteiger partial charge in [-0.1, -0.05) is 50.3 Å². The van der Waals surface area contributed by atoms with Crippen LogP contribution in [0.3, 0.4) is 0 Å². The molecule has 0 aromatic heterocycles. The van der Waals surface area contributed by atoms with Crippen LogP contribution < -0.4 is 5.43 Å². The fourth-order valence-electron chi connectivity index (χ4n) is 4.23. The summed E-state index contributed by atoms with van der Waals surface area (Å²) in [5.74, 6) is -0.257. The molecule has 1 amide bonds. The number of hydrogen-bond donors (Lipinski definition) is 1. The highest BCUT2D eigenvalue weighted by atomic mass is 19.4. The zero-order valence-electron chi connectivity index (χ0n) is 14.4. The zero-order chi connectivity index (χ0) is 18.2. The predicted molar refractivity (Wildman–Crippen MR) is 90.4 cm³/mol. The van der Waals surface area contributed by atoms with Crippen LogP contribution in [0, 0.1) is 11.3 Å². The fraction of sp³-hybridized carbons (Fsp3) is 0.526. The van der Waals surface area contributed by atoms with Crippen LogP contribution in [0.5, 0.6) is 0 Å². The fourth-order valence-corrected chi connectivity index (χ4v) is 4.23. The molecule has 1 aromatic rings. The molecule has 0 bridgehead atoms. The molecule has 1 heterocycles. The Morgan fingerprint density at radius 1 is 1.28 bits per heavy atom. The van der Waals surface area contributed by atoms with Gasteiger partial charge in [0.25, 0.3) is 0 Å². The second kappa shape index (κ2) is 6.48. The quantitative estimate of drug-likeness (QED) is 0.890. The molecule has 1 aliphatic heterocycles. The Morgan fingerprint density at radius 2 is 2.00 bits per heavy atom. The van der Waals surface area contributed by atoms with E-state index in [0.717, 1.165) is 16.1 Å². The number of nitrogens with one attached hydrogen (secondary N) is 1. The molecule has 0 saturated carbocycles. The average molecular weight is 352 g/mol. The van der Waals surface area contributed by atoms with Gasteiger partial charge in [-0.25, -0.2) is 5.01 Å². The Morgan fingerprint density at radius 3 is 2.60 bits per heavy atom. The van der Waals surface area contributed by atoms with E-state index < -0.39 is 17.6 Å². The molecule has 6 heteroatoms. The van der Waals surface area contributed by atoms with Crippen LogP contribution in [-0.2, 0) is 11.2 Å². The minimum Gasteiger partial charge on any atom is -0.288 e. The average Bonchev–Trinajstić information content (AvgIpc) is 2.90. The highest BCUT2D eigenvalue weighted by molar-refractivity contribution is 5.77. The van der Waals surface area contributed by atoms with Crippen LogP contribution in [0.25, 0.3) is 6.08 Å². The van der Waals surface area contributed by atoms with E-state index in [4.69, 9.17) is 0 Å². The van der Waals surface area contributed by atoms with Crippen molar-refractivity contribution in [2.45, 2.75) is 45.3 Å². The predicted octanol–water partition coefficient (Wildman–Crippen LogP) is 3.96. The lowest BCUT2D eigenvalue weighted by molar-refractivity contribution is -0.215. The molecule has 3 nitrogen and oxygen atoms in total. The molecule has 3 rings (SSSR count). The lowest BCUT2D eigenvalue weighted by Gasteiger charge is -2.46. The standard InChI is InChI=1S/C19H23F3N2O/c1-13(2)11-18(9-7-14-5-3-4-6-15(14)12-18)17(19(20,21)22)24-10-8-16(25)23-24/h3-7,9,13,17H,8,10-12H2,1-2H3,(H,23,25)/t17-,18?/m0/s1. The van der Waals surface area contributed by atoms with Gasteiger partial charge in [-0.05, 0) is 29.9 Å². The molecule has 2 atom stereocenters. The van der Waals surface area contributed by atoms with Crippen LogP contribution in [-0.4, -0.2) is 29.7 Å². The minimum atomic E-state index is -4.44. The van der Waals surface area contributed by atoms with E-state index in [1.165, 1.54) is 0 Å². The Kier molecular flexibility index (Phi) is 4.66. The van der Waals surface area contributed by atoms with Crippen LogP contribution in [0.2, 0.25) is 0 Å².